The van der Waals surface area contributed by atoms with E-state index in [1.165, 1.54) is 4.90 Å². The average molecular weight is 231 g/mol. The van der Waals surface area contributed by atoms with Crippen molar-refractivity contribution >= 4 is 11.6 Å². The molecule has 0 aromatic carbocycles. The maximum atomic E-state index is 11.8. The maximum Gasteiger partial charge on any atom is 0.272 e. The van der Waals surface area contributed by atoms with Crippen LogP contribution in [0.5, 0.6) is 0 Å². The number of aromatic nitrogens is 1. The number of carbonyl (C=O) groups excluding carboxylic acids is 1. The van der Waals surface area contributed by atoms with Crippen LogP contribution in [0.1, 0.15) is 23.3 Å². The number of nitrogens with zero attached hydrogens (tertiary/aromatic N) is 2. The molecule has 0 bridgehead atoms. The molecule has 1 aliphatic carbocycles. The van der Waals surface area contributed by atoms with Crippen LogP contribution >= 0.6 is 0 Å². The monoisotopic (exact) mass is 231 g/mol. The predicted octanol–water partition coefficient (Wildman–Crippen LogP) is 1.91. The van der Waals surface area contributed by atoms with E-state index < -0.39 is 0 Å². The number of carbonyl (C=O) groups is 1. The molecule has 1 aromatic heterocycles. The Hall–Kier alpha value is -1.84. The van der Waals surface area contributed by atoms with E-state index in [4.69, 9.17) is 0 Å². The summed E-state index contributed by atoms with van der Waals surface area (Å²) < 4.78 is 0. The summed E-state index contributed by atoms with van der Waals surface area (Å²) in [6, 6.07) is 4.14. The lowest BCUT2D eigenvalue weighted by molar-refractivity contribution is 0.0822. The molecule has 90 valence electrons. The van der Waals surface area contributed by atoms with Gasteiger partial charge in [-0.15, -0.1) is 0 Å². The zero-order valence-electron chi connectivity index (χ0n) is 10.2. The van der Waals surface area contributed by atoms with Gasteiger partial charge in [0.15, 0.2) is 0 Å². The van der Waals surface area contributed by atoms with Crippen molar-refractivity contribution in [3.63, 3.8) is 0 Å². The number of rotatable bonds is 3. The molecule has 0 unspecified atom stereocenters. The summed E-state index contributed by atoms with van der Waals surface area (Å²) in [6.45, 7) is 0. The molecular formula is C13H17N3O. The third-order valence-corrected chi connectivity index (χ3v) is 2.76. The Bertz CT molecular complexity index is 432. The summed E-state index contributed by atoms with van der Waals surface area (Å²) >= 11 is 0. The molecule has 1 heterocycles. The minimum atomic E-state index is -0.0711. The van der Waals surface area contributed by atoms with Crippen LogP contribution < -0.4 is 5.32 Å². The first kappa shape index (κ1) is 11.6. The van der Waals surface area contributed by atoms with E-state index in [0.717, 1.165) is 18.5 Å². The molecule has 1 amide bonds. The first-order valence-electron chi connectivity index (χ1n) is 5.76. The van der Waals surface area contributed by atoms with Crippen molar-refractivity contribution in [2.24, 2.45) is 0 Å². The summed E-state index contributed by atoms with van der Waals surface area (Å²) in [5.74, 6) is -0.0711. The van der Waals surface area contributed by atoms with Gasteiger partial charge in [-0.3, -0.25) is 9.78 Å². The standard InChI is InChI=1S/C13H17N3O/c1-16(2)13(17)12-9-11(7-8-14-12)15-10-5-3-4-6-10/h3-4,7-10H,5-6H2,1-2H3,(H,14,15). The number of hydrogen-bond donors (Lipinski definition) is 1. The van der Waals surface area contributed by atoms with E-state index >= 15 is 0 Å². The smallest absolute Gasteiger partial charge is 0.272 e. The summed E-state index contributed by atoms with van der Waals surface area (Å²) in [4.78, 5) is 17.4. The van der Waals surface area contributed by atoms with Gasteiger partial charge in [0, 0.05) is 32.0 Å². The van der Waals surface area contributed by atoms with E-state index in [2.05, 4.69) is 22.5 Å². The van der Waals surface area contributed by atoms with E-state index in [0.29, 0.717) is 11.7 Å². The van der Waals surface area contributed by atoms with Crippen molar-refractivity contribution in [2.45, 2.75) is 18.9 Å². The number of amides is 1. The van der Waals surface area contributed by atoms with Crippen LogP contribution in [0, 0.1) is 0 Å². The molecule has 0 aliphatic heterocycles. The Kier molecular flexibility index (Phi) is 3.42. The number of hydrogen-bond acceptors (Lipinski definition) is 3. The van der Waals surface area contributed by atoms with Crippen molar-refractivity contribution in [1.82, 2.24) is 9.88 Å². The Morgan fingerprint density at radius 2 is 2.12 bits per heavy atom. The third-order valence-electron chi connectivity index (χ3n) is 2.76. The molecular weight excluding hydrogens is 214 g/mol. The average Bonchev–Trinajstić information content (AvgIpc) is 2.81. The fraction of sp³-hybridized carbons (Fsp3) is 0.385. The molecule has 0 saturated heterocycles. The van der Waals surface area contributed by atoms with Crippen molar-refractivity contribution in [3.8, 4) is 0 Å². The van der Waals surface area contributed by atoms with Gasteiger partial charge in [-0.1, -0.05) is 12.2 Å². The van der Waals surface area contributed by atoms with Crippen LogP contribution in [-0.2, 0) is 0 Å². The lowest BCUT2D eigenvalue weighted by Crippen LogP contribution is -2.23. The molecule has 1 aromatic rings. The molecule has 2 rings (SSSR count). The molecule has 4 nitrogen and oxygen atoms in total. The van der Waals surface area contributed by atoms with Gasteiger partial charge in [-0.2, -0.15) is 0 Å². The van der Waals surface area contributed by atoms with Gasteiger partial charge in [-0.05, 0) is 25.0 Å². The van der Waals surface area contributed by atoms with E-state index in [1.54, 1.807) is 26.4 Å². The Labute approximate surface area is 101 Å². The van der Waals surface area contributed by atoms with Crippen molar-refractivity contribution in [1.29, 1.82) is 0 Å². The quantitative estimate of drug-likeness (QED) is 0.808. The van der Waals surface area contributed by atoms with Crippen LogP contribution in [-0.4, -0.2) is 35.9 Å². The number of nitrogens with one attached hydrogen (secondary N) is 1. The molecule has 1 aliphatic rings. The second kappa shape index (κ2) is 4.99. The first-order chi connectivity index (χ1) is 8.16. The van der Waals surface area contributed by atoms with Gasteiger partial charge in [-0.25, -0.2) is 0 Å². The fourth-order valence-corrected chi connectivity index (χ4v) is 1.84. The highest BCUT2D eigenvalue weighted by Crippen LogP contribution is 2.17. The van der Waals surface area contributed by atoms with Gasteiger partial charge in [0.25, 0.3) is 5.91 Å². The highest BCUT2D eigenvalue weighted by molar-refractivity contribution is 5.92. The normalized spacial score (nSPS) is 14.9. The highest BCUT2D eigenvalue weighted by atomic mass is 16.2. The second-order valence-electron chi connectivity index (χ2n) is 4.41. The summed E-state index contributed by atoms with van der Waals surface area (Å²) in [7, 11) is 3.45. The zero-order chi connectivity index (χ0) is 12.3. The third kappa shape index (κ3) is 2.84. The van der Waals surface area contributed by atoms with Gasteiger partial charge in [0.1, 0.15) is 5.69 Å². The van der Waals surface area contributed by atoms with Crippen LogP contribution in [0.3, 0.4) is 0 Å². The highest BCUT2D eigenvalue weighted by Gasteiger charge is 2.13. The summed E-state index contributed by atoms with van der Waals surface area (Å²) in [6.07, 6.45) is 8.09. The van der Waals surface area contributed by atoms with E-state index in [-0.39, 0.29) is 5.91 Å². The minimum absolute atomic E-state index is 0.0711. The van der Waals surface area contributed by atoms with Crippen molar-refractivity contribution in [2.75, 3.05) is 19.4 Å². The lowest BCUT2D eigenvalue weighted by atomic mass is 10.2. The number of pyridine rings is 1. The van der Waals surface area contributed by atoms with Crippen molar-refractivity contribution < 1.29 is 4.79 Å². The molecule has 0 fully saturated rings. The fourth-order valence-electron chi connectivity index (χ4n) is 1.84. The van der Waals surface area contributed by atoms with Gasteiger partial charge in [0.05, 0.1) is 0 Å². The largest absolute Gasteiger partial charge is 0.382 e. The molecule has 0 spiro atoms. The second-order valence-corrected chi connectivity index (χ2v) is 4.41. The molecule has 0 atom stereocenters. The van der Waals surface area contributed by atoms with Crippen LogP contribution in [0.25, 0.3) is 0 Å². The molecule has 17 heavy (non-hydrogen) atoms. The maximum absolute atomic E-state index is 11.8. The summed E-state index contributed by atoms with van der Waals surface area (Å²) in [5.41, 5.74) is 1.44. The SMILES string of the molecule is CN(C)C(=O)c1cc(NC2CC=CC2)ccn1. The van der Waals surface area contributed by atoms with E-state index in [9.17, 15) is 4.79 Å². The lowest BCUT2D eigenvalue weighted by Gasteiger charge is -2.15. The Morgan fingerprint density at radius 1 is 1.41 bits per heavy atom. The Balaban J connectivity index is 2.08. The van der Waals surface area contributed by atoms with Gasteiger partial charge >= 0.3 is 0 Å². The first-order valence-corrected chi connectivity index (χ1v) is 5.76. The zero-order valence-corrected chi connectivity index (χ0v) is 10.2. The van der Waals surface area contributed by atoms with Gasteiger partial charge in [0.2, 0.25) is 0 Å². The predicted molar refractivity (Wildman–Crippen MR) is 68.0 cm³/mol. The van der Waals surface area contributed by atoms with Crippen molar-refractivity contribution in [3.05, 3.63) is 36.2 Å². The molecule has 0 radical (unpaired) electrons. The summed E-state index contributed by atoms with van der Waals surface area (Å²) in [5, 5.41) is 3.40. The van der Waals surface area contributed by atoms with Gasteiger partial charge < -0.3 is 10.2 Å². The molecule has 1 N–H and O–H groups in total. The van der Waals surface area contributed by atoms with Crippen LogP contribution in [0.2, 0.25) is 0 Å². The van der Waals surface area contributed by atoms with Crippen LogP contribution in [0.4, 0.5) is 5.69 Å². The van der Waals surface area contributed by atoms with E-state index in [1.807, 2.05) is 6.07 Å². The Morgan fingerprint density at radius 3 is 2.76 bits per heavy atom. The van der Waals surface area contributed by atoms with Crippen LogP contribution in [0.15, 0.2) is 30.5 Å². The topological polar surface area (TPSA) is 45.2 Å². The molecule has 0 saturated carbocycles. The minimum Gasteiger partial charge on any atom is -0.382 e. The molecule has 4 heteroatoms. The number of anilines is 1.